The van der Waals surface area contributed by atoms with Gasteiger partial charge in [-0.2, -0.15) is 4.31 Å². The number of furan rings is 1. The van der Waals surface area contributed by atoms with Crippen LogP contribution < -0.4 is 0 Å². The Morgan fingerprint density at radius 3 is 2.59 bits per heavy atom. The van der Waals surface area contributed by atoms with Gasteiger partial charge in [-0.15, -0.1) is 0 Å². The summed E-state index contributed by atoms with van der Waals surface area (Å²) in [6.45, 7) is 2.49. The van der Waals surface area contributed by atoms with Crippen LogP contribution in [-0.4, -0.2) is 49.8 Å². The summed E-state index contributed by atoms with van der Waals surface area (Å²) in [7, 11) is -1.71. The molecule has 6 nitrogen and oxygen atoms in total. The zero-order chi connectivity index (χ0) is 19.4. The average molecular weight is 391 g/mol. The zero-order valence-corrected chi connectivity index (χ0v) is 16.6. The lowest BCUT2D eigenvalue weighted by Crippen LogP contribution is -2.38. The number of piperidine rings is 1. The first-order chi connectivity index (χ1) is 12.8. The van der Waals surface area contributed by atoms with Gasteiger partial charge in [-0.25, -0.2) is 8.42 Å². The van der Waals surface area contributed by atoms with Gasteiger partial charge < -0.3 is 4.42 Å². The van der Waals surface area contributed by atoms with Crippen molar-refractivity contribution in [3.05, 3.63) is 59.5 Å². The van der Waals surface area contributed by atoms with E-state index in [9.17, 15) is 13.2 Å². The van der Waals surface area contributed by atoms with Crippen molar-refractivity contribution in [2.75, 3.05) is 26.4 Å². The third kappa shape index (κ3) is 5.28. The first-order valence-corrected chi connectivity index (χ1v) is 11.0. The minimum atomic E-state index is -3.24. The molecule has 1 unspecified atom stereocenters. The third-order valence-electron chi connectivity index (χ3n) is 4.98. The Bertz CT molecular complexity index is 876. The van der Waals surface area contributed by atoms with E-state index in [0.29, 0.717) is 18.8 Å². The summed E-state index contributed by atoms with van der Waals surface area (Å²) in [6, 6.07) is 13.1. The number of ketones is 1. The summed E-state index contributed by atoms with van der Waals surface area (Å²) in [5.74, 6) is 1.62. The number of hydrogen-bond donors (Lipinski definition) is 0. The van der Waals surface area contributed by atoms with Gasteiger partial charge in [-0.05, 0) is 31.5 Å². The van der Waals surface area contributed by atoms with Gasteiger partial charge in [0.25, 0.3) is 0 Å². The largest absolute Gasteiger partial charge is 0.463 e. The molecule has 1 fully saturated rings. The van der Waals surface area contributed by atoms with Crippen molar-refractivity contribution in [2.45, 2.75) is 25.9 Å². The van der Waals surface area contributed by atoms with Gasteiger partial charge in [0.2, 0.25) is 10.0 Å². The summed E-state index contributed by atoms with van der Waals surface area (Å²) in [5, 5.41) is 0. The van der Waals surface area contributed by atoms with Crippen LogP contribution in [0.3, 0.4) is 0 Å². The quantitative estimate of drug-likeness (QED) is 0.680. The van der Waals surface area contributed by atoms with Gasteiger partial charge >= 0.3 is 0 Å². The summed E-state index contributed by atoms with van der Waals surface area (Å²) >= 11 is 0. The van der Waals surface area contributed by atoms with Gasteiger partial charge in [0.05, 0.1) is 19.3 Å². The van der Waals surface area contributed by atoms with E-state index < -0.39 is 10.0 Å². The average Bonchev–Trinajstić information content (AvgIpc) is 3.08. The summed E-state index contributed by atoms with van der Waals surface area (Å²) < 4.78 is 30.1. The Labute approximate surface area is 160 Å². The molecule has 0 saturated carbocycles. The maximum atomic E-state index is 12.7. The molecule has 27 heavy (non-hydrogen) atoms. The molecule has 0 spiro atoms. The normalized spacial score (nSPS) is 18.7. The van der Waals surface area contributed by atoms with E-state index in [4.69, 9.17) is 4.42 Å². The topological polar surface area (TPSA) is 70.8 Å². The lowest BCUT2D eigenvalue weighted by atomic mass is 9.90. The molecule has 2 heterocycles. The Morgan fingerprint density at radius 2 is 1.89 bits per heavy atom. The number of rotatable bonds is 7. The monoisotopic (exact) mass is 390 g/mol. The maximum absolute atomic E-state index is 12.7. The fourth-order valence-corrected chi connectivity index (χ4v) is 3.76. The lowest BCUT2D eigenvalue weighted by molar-refractivity contribution is 0.0802. The van der Waals surface area contributed by atoms with E-state index in [1.807, 2.05) is 42.5 Å². The number of nitrogens with zero attached hydrogens (tertiary/aromatic N) is 2. The second kappa shape index (κ2) is 8.37. The van der Waals surface area contributed by atoms with E-state index in [1.54, 1.807) is 0 Å². The molecule has 0 amide bonds. The van der Waals surface area contributed by atoms with Crippen LogP contribution in [-0.2, 0) is 23.1 Å². The molecule has 1 aliphatic heterocycles. The van der Waals surface area contributed by atoms with Crippen molar-refractivity contribution in [1.82, 2.24) is 9.21 Å². The maximum Gasteiger partial charge on any atom is 0.211 e. The van der Waals surface area contributed by atoms with E-state index in [-0.39, 0.29) is 18.2 Å². The molecule has 3 rings (SSSR count). The standard InChI is InChI=1S/C20H26N2O4S/c1-21(27(2,24)25)14-18-10-11-19(26-18)15-22-12-6-9-17(13-22)20(23)16-7-4-3-5-8-16/h3-5,7-8,10-11,17H,6,9,12-15H2,1-2H3. The minimum Gasteiger partial charge on any atom is -0.463 e. The summed E-state index contributed by atoms with van der Waals surface area (Å²) in [4.78, 5) is 14.9. The molecule has 2 aromatic rings. The van der Waals surface area contributed by atoms with Gasteiger partial charge in [-0.1, -0.05) is 30.3 Å². The van der Waals surface area contributed by atoms with E-state index >= 15 is 0 Å². The van der Waals surface area contributed by atoms with Crippen LogP contribution in [0.2, 0.25) is 0 Å². The van der Waals surface area contributed by atoms with Crippen LogP contribution in [0.1, 0.15) is 34.7 Å². The fraction of sp³-hybridized carbons (Fsp3) is 0.450. The molecule has 0 aliphatic carbocycles. The Hall–Kier alpha value is -1.96. The van der Waals surface area contributed by atoms with Gasteiger partial charge in [0, 0.05) is 25.1 Å². The van der Waals surface area contributed by atoms with E-state index in [1.165, 1.54) is 17.6 Å². The second-order valence-electron chi connectivity index (χ2n) is 7.19. The SMILES string of the molecule is CN(Cc1ccc(CN2CCCC(C(=O)c3ccccc3)C2)o1)S(C)(=O)=O. The molecule has 1 aromatic carbocycles. The summed E-state index contributed by atoms with van der Waals surface area (Å²) in [6.07, 6.45) is 3.06. The van der Waals surface area contributed by atoms with Crippen molar-refractivity contribution in [2.24, 2.45) is 5.92 Å². The lowest BCUT2D eigenvalue weighted by Gasteiger charge is -2.31. The first kappa shape index (κ1) is 19.8. The second-order valence-corrected chi connectivity index (χ2v) is 9.28. The highest BCUT2D eigenvalue weighted by atomic mass is 32.2. The Morgan fingerprint density at radius 1 is 1.19 bits per heavy atom. The van der Waals surface area contributed by atoms with E-state index in [0.717, 1.165) is 30.7 Å². The number of Topliss-reactive ketones (excluding diaryl/α,β-unsaturated/α-hetero) is 1. The third-order valence-corrected chi connectivity index (χ3v) is 6.24. The number of likely N-dealkylation sites (tertiary alicyclic amines) is 1. The van der Waals surface area contributed by atoms with Crippen molar-refractivity contribution in [1.29, 1.82) is 0 Å². The highest BCUT2D eigenvalue weighted by Crippen LogP contribution is 2.23. The molecule has 1 atom stereocenters. The Kier molecular flexibility index (Phi) is 6.14. The van der Waals surface area contributed by atoms with Gasteiger partial charge in [0.1, 0.15) is 11.5 Å². The molecule has 146 valence electrons. The molecule has 0 bridgehead atoms. The predicted molar refractivity (Wildman–Crippen MR) is 104 cm³/mol. The molecule has 0 N–H and O–H groups in total. The van der Waals surface area contributed by atoms with Crippen molar-refractivity contribution < 1.29 is 17.6 Å². The first-order valence-electron chi connectivity index (χ1n) is 9.13. The number of carbonyl (C=O) groups excluding carboxylic acids is 1. The minimum absolute atomic E-state index is 0.00644. The van der Waals surface area contributed by atoms with Gasteiger partial charge in [-0.3, -0.25) is 9.69 Å². The molecular weight excluding hydrogens is 364 g/mol. The van der Waals surface area contributed by atoms with Crippen LogP contribution in [0.5, 0.6) is 0 Å². The predicted octanol–water partition coefficient (Wildman–Crippen LogP) is 2.77. The number of hydrogen-bond acceptors (Lipinski definition) is 5. The molecule has 1 aromatic heterocycles. The molecule has 0 radical (unpaired) electrons. The van der Waals surface area contributed by atoms with Crippen molar-refractivity contribution in [3.63, 3.8) is 0 Å². The van der Waals surface area contributed by atoms with Crippen molar-refractivity contribution >= 4 is 15.8 Å². The van der Waals surface area contributed by atoms with Crippen molar-refractivity contribution in [3.8, 4) is 0 Å². The van der Waals surface area contributed by atoms with Gasteiger partial charge in [0.15, 0.2) is 5.78 Å². The molecule has 1 saturated heterocycles. The number of benzene rings is 1. The number of sulfonamides is 1. The molecular formula is C20H26N2O4S. The smallest absolute Gasteiger partial charge is 0.211 e. The van der Waals surface area contributed by atoms with Crippen LogP contribution in [0, 0.1) is 5.92 Å². The highest BCUT2D eigenvalue weighted by Gasteiger charge is 2.27. The van der Waals surface area contributed by atoms with Crippen LogP contribution in [0.4, 0.5) is 0 Å². The fourth-order valence-electron chi connectivity index (χ4n) is 3.40. The Balaban J connectivity index is 1.59. The van der Waals surface area contributed by atoms with E-state index in [2.05, 4.69) is 4.90 Å². The van der Waals surface area contributed by atoms with Crippen LogP contribution >= 0.6 is 0 Å². The highest BCUT2D eigenvalue weighted by molar-refractivity contribution is 7.88. The van der Waals surface area contributed by atoms with Crippen LogP contribution in [0.25, 0.3) is 0 Å². The molecule has 7 heteroatoms. The zero-order valence-electron chi connectivity index (χ0n) is 15.8. The van der Waals surface area contributed by atoms with Crippen LogP contribution in [0.15, 0.2) is 46.9 Å². The number of carbonyl (C=O) groups is 1. The summed E-state index contributed by atoms with van der Waals surface area (Å²) in [5.41, 5.74) is 0.772. The molecule has 1 aliphatic rings.